The molecule has 0 spiro atoms. The Morgan fingerprint density at radius 1 is 1.05 bits per heavy atom. The van der Waals surface area contributed by atoms with Gasteiger partial charge < -0.3 is 5.11 Å². The molecule has 106 valence electrons. The third-order valence-electron chi connectivity index (χ3n) is 2.10. The van der Waals surface area contributed by atoms with Gasteiger partial charge in [-0.15, -0.1) is 0 Å². The van der Waals surface area contributed by atoms with Gasteiger partial charge in [0.1, 0.15) is 0 Å². The second-order valence-corrected chi connectivity index (χ2v) is 3.95. The first kappa shape index (κ1) is 15.6. The first-order valence-corrected chi connectivity index (χ1v) is 4.99. The lowest BCUT2D eigenvalue weighted by Gasteiger charge is -2.16. The number of hydrogen-bond acceptors (Lipinski definition) is 1. The molecule has 0 bridgehead atoms. The van der Waals surface area contributed by atoms with Crippen LogP contribution in [0.5, 0.6) is 0 Å². The van der Waals surface area contributed by atoms with E-state index in [4.69, 9.17) is 16.7 Å². The van der Waals surface area contributed by atoms with E-state index in [1.165, 1.54) is 0 Å². The molecular formula is C10H5ClF6O2. The number of halogens is 7. The predicted molar refractivity (Wildman–Crippen MR) is 52.8 cm³/mol. The average molecular weight is 307 g/mol. The maximum atomic E-state index is 12.5. The Hall–Kier alpha value is -1.44. The number of alkyl halides is 6. The van der Waals surface area contributed by atoms with Crippen LogP contribution in [0.4, 0.5) is 26.3 Å². The molecule has 0 amide bonds. The van der Waals surface area contributed by atoms with Gasteiger partial charge in [0.2, 0.25) is 0 Å². The Balaban J connectivity index is 3.52. The van der Waals surface area contributed by atoms with Crippen molar-refractivity contribution in [1.29, 1.82) is 0 Å². The average Bonchev–Trinajstić information content (AvgIpc) is 2.16. The molecule has 0 unspecified atom stereocenters. The van der Waals surface area contributed by atoms with Gasteiger partial charge in [0, 0.05) is 0 Å². The molecule has 0 aliphatic rings. The van der Waals surface area contributed by atoms with E-state index in [1.54, 1.807) is 0 Å². The van der Waals surface area contributed by atoms with Crippen molar-refractivity contribution in [3.63, 3.8) is 0 Å². The number of carboxylic acid groups (broad SMARTS) is 1. The van der Waals surface area contributed by atoms with Crippen LogP contribution in [0.1, 0.15) is 16.7 Å². The summed E-state index contributed by atoms with van der Waals surface area (Å²) in [6.45, 7) is 0. The van der Waals surface area contributed by atoms with Gasteiger partial charge in [0.25, 0.3) is 0 Å². The van der Waals surface area contributed by atoms with E-state index in [2.05, 4.69) is 0 Å². The van der Waals surface area contributed by atoms with E-state index in [0.717, 1.165) is 0 Å². The van der Waals surface area contributed by atoms with Crippen LogP contribution < -0.4 is 0 Å². The third-order valence-corrected chi connectivity index (χ3v) is 2.51. The van der Waals surface area contributed by atoms with Crippen LogP contribution in [-0.4, -0.2) is 11.1 Å². The Bertz CT molecular complexity index is 471. The zero-order chi connectivity index (χ0) is 15.0. The zero-order valence-corrected chi connectivity index (χ0v) is 9.62. The van der Waals surface area contributed by atoms with Gasteiger partial charge in [-0.2, -0.15) is 26.3 Å². The van der Waals surface area contributed by atoms with E-state index in [0.29, 0.717) is 12.1 Å². The van der Waals surface area contributed by atoms with Crippen LogP contribution in [0.2, 0.25) is 5.02 Å². The molecule has 9 heteroatoms. The monoisotopic (exact) mass is 306 g/mol. The number of rotatable bonds is 2. The van der Waals surface area contributed by atoms with E-state index < -0.39 is 46.5 Å². The normalized spacial score (nSPS) is 12.6. The van der Waals surface area contributed by atoms with Gasteiger partial charge in [0.15, 0.2) is 0 Å². The van der Waals surface area contributed by atoms with Crippen LogP contribution in [0.25, 0.3) is 0 Å². The van der Waals surface area contributed by atoms with Crippen molar-refractivity contribution in [3.8, 4) is 0 Å². The largest absolute Gasteiger partial charge is 0.481 e. The van der Waals surface area contributed by atoms with Crippen molar-refractivity contribution < 1.29 is 36.2 Å². The van der Waals surface area contributed by atoms with E-state index in [1.807, 2.05) is 0 Å². The standard InChI is InChI=1S/C10H5ClF6O2/c11-8-5(9(12,13)14)1-4(3-7(18)19)2-6(8)10(15,16)17/h1-2H,3H2,(H,18,19). The van der Waals surface area contributed by atoms with Crippen molar-refractivity contribution >= 4 is 17.6 Å². The van der Waals surface area contributed by atoms with Crippen molar-refractivity contribution in [3.05, 3.63) is 33.8 Å². The number of aliphatic carboxylic acids is 1. The molecule has 0 aromatic heterocycles. The van der Waals surface area contributed by atoms with Crippen LogP contribution >= 0.6 is 11.6 Å². The summed E-state index contributed by atoms with van der Waals surface area (Å²) >= 11 is 5.10. The lowest BCUT2D eigenvalue weighted by Crippen LogP contribution is -2.14. The summed E-state index contributed by atoms with van der Waals surface area (Å²) in [5.41, 5.74) is -4.04. The quantitative estimate of drug-likeness (QED) is 0.838. The molecule has 1 aromatic rings. The topological polar surface area (TPSA) is 37.3 Å². The highest BCUT2D eigenvalue weighted by molar-refractivity contribution is 6.32. The highest BCUT2D eigenvalue weighted by Crippen LogP contribution is 2.42. The second kappa shape index (κ2) is 4.92. The van der Waals surface area contributed by atoms with Gasteiger partial charge >= 0.3 is 18.3 Å². The number of carbonyl (C=O) groups is 1. The zero-order valence-electron chi connectivity index (χ0n) is 8.86. The lowest BCUT2D eigenvalue weighted by atomic mass is 10.0. The summed E-state index contributed by atoms with van der Waals surface area (Å²) in [4.78, 5) is 10.4. The third kappa shape index (κ3) is 3.76. The first-order chi connectivity index (χ1) is 8.43. The van der Waals surface area contributed by atoms with Crippen LogP contribution in [-0.2, 0) is 23.6 Å². The number of benzene rings is 1. The first-order valence-electron chi connectivity index (χ1n) is 4.61. The minimum atomic E-state index is -5.11. The second-order valence-electron chi connectivity index (χ2n) is 3.57. The molecule has 1 N–H and O–H groups in total. The fraction of sp³-hybridized carbons (Fsp3) is 0.300. The van der Waals surface area contributed by atoms with Gasteiger partial charge in [-0.1, -0.05) is 11.6 Å². The van der Waals surface area contributed by atoms with Gasteiger partial charge in [-0.3, -0.25) is 4.79 Å². The fourth-order valence-electron chi connectivity index (χ4n) is 1.37. The maximum absolute atomic E-state index is 12.5. The van der Waals surface area contributed by atoms with E-state index >= 15 is 0 Å². The molecule has 0 fully saturated rings. The van der Waals surface area contributed by atoms with Crippen molar-refractivity contribution in [2.75, 3.05) is 0 Å². The fourth-order valence-corrected chi connectivity index (χ4v) is 1.70. The summed E-state index contributed by atoms with van der Waals surface area (Å²) in [5.74, 6) is -1.55. The number of hydrogen-bond donors (Lipinski definition) is 1. The molecule has 19 heavy (non-hydrogen) atoms. The van der Waals surface area contributed by atoms with Gasteiger partial charge in [-0.05, 0) is 17.7 Å². The summed E-state index contributed by atoms with van der Waals surface area (Å²) in [6, 6.07) is 0.595. The number of carboxylic acids is 1. The molecule has 2 nitrogen and oxygen atoms in total. The molecule has 0 saturated heterocycles. The minimum absolute atomic E-state index is 0.297. The van der Waals surface area contributed by atoms with Crippen molar-refractivity contribution in [2.45, 2.75) is 18.8 Å². The summed E-state index contributed by atoms with van der Waals surface area (Å²) in [6.07, 6.45) is -11.2. The molecule has 0 aliphatic heterocycles. The summed E-state index contributed by atoms with van der Waals surface area (Å²) in [7, 11) is 0. The maximum Gasteiger partial charge on any atom is 0.417 e. The minimum Gasteiger partial charge on any atom is -0.481 e. The molecule has 0 saturated carbocycles. The Morgan fingerprint density at radius 2 is 1.42 bits per heavy atom. The van der Waals surface area contributed by atoms with E-state index in [9.17, 15) is 31.1 Å². The van der Waals surface area contributed by atoms with Crippen LogP contribution in [0.3, 0.4) is 0 Å². The lowest BCUT2D eigenvalue weighted by molar-refractivity contribution is -0.143. The molecule has 0 aliphatic carbocycles. The Morgan fingerprint density at radius 3 is 1.68 bits per heavy atom. The highest BCUT2D eigenvalue weighted by Gasteiger charge is 2.41. The molecule has 0 heterocycles. The smallest absolute Gasteiger partial charge is 0.417 e. The molecule has 0 radical (unpaired) electrons. The van der Waals surface area contributed by atoms with E-state index in [-0.39, 0.29) is 0 Å². The van der Waals surface area contributed by atoms with Crippen molar-refractivity contribution in [1.82, 2.24) is 0 Å². The van der Waals surface area contributed by atoms with Gasteiger partial charge in [0.05, 0.1) is 22.6 Å². The highest BCUT2D eigenvalue weighted by atomic mass is 35.5. The summed E-state index contributed by atoms with van der Waals surface area (Å²) in [5, 5.41) is 6.94. The predicted octanol–water partition coefficient (Wildman–Crippen LogP) is 4.00. The molecular weight excluding hydrogens is 302 g/mol. The Labute approximate surface area is 107 Å². The Kier molecular flexibility index (Phi) is 4.04. The molecule has 0 atom stereocenters. The van der Waals surface area contributed by atoms with Crippen LogP contribution in [0.15, 0.2) is 12.1 Å². The van der Waals surface area contributed by atoms with Crippen LogP contribution in [0, 0.1) is 0 Å². The molecule has 1 rings (SSSR count). The van der Waals surface area contributed by atoms with Gasteiger partial charge in [-0.25, -0.2) is 0 Å². The SMILES string of the molecule is O=C(O)Cc1cc(C(F)(F)F)c(Cl)c(C(F)(F)F)c1. The summed E-state index contributed by atoms with van der Waals surface area (Å²) < 4.78 is 75.2. The molecule has 1 aromatic carbocycles. The van der Waals surface area contributed by atoms with Crippen molar-refractivity contribution in [2.24, 2.45) is 0 Å².